The molecule has 0 heterocycles. The molecule has 0 bridgehead atoms. The Labute approximate surface area is 112 Å². The van der Waals surface area contributed by atoms with Crippen molar-refractivity contribution in [2.45, 2.75) is 6.54 Å². The second kappa shape index (κ2) is 6.20. The van der Waals surface area contributed by atoms with Crippen molar-refractivity contribution in [3.05, 3.63) is 48.0 Å². The minimum absolute atomic E-state index is 0.0296. The molecule has 0 radical (unpaired) electrons. The summed E-state index contributed by atoms with van der Waals surface area (Å²) in [4.78, 5) is 13.2. The second-order valence-electron chi connectivity index (χ2n) is 4.44. The molecule has 19 heavy (non-hydrogen) atoms. The summed E-state index contributed by atoms with van der Waals surface area (Å²) in [5, 5.41) is 14.0. The number of hydrogen-bond acceptors (Lipinski definition) is 2. The standard InChI is InChI=1S/C15H18N2O2/c1-17(9-10-18)15(19)16-11-13-7-4-6-12-5-2-3-8-14(12)13/h2-8,18H,9-11H2,1H3,(H,16,19). The lowest BCUT2D eigenvalue weighted by molar-refractivity contribution is 0.190. The molecule has 0 atom stereocenters. The SMILES string of the molecule is CN(CCO)C(=O)NCc1cccc2ccccc12. The number of carbonyl (C=O) groups excluding carboxylic acids is 1. The number of aliphatic hydroxyl groups excluding tert-OH is 1. The minimum Gasteiger partial charge on any atom is -0.395 e. The number of carbonyl (C=O) groups is 1. The highest BCUT2D eigenvalue weighted by Crippen LogP contribution is 2.18. The quantitative estimate of drug-likeness (QED) is 0.881. The molecule has 2 aromatic carbocycles. The summed E-state index contributed by atoms with van der Waals surface area (Å²) in [6, 6.07) is 14.0. The molecule has 4 heteroatoms. The van der Waals surface area contributed by atoms with Crippen molar-refractivity contribution in [1.82, 2.24) is 10.2 Å². The highest BCUT2D eigenvalue weighted by molar-refractivity contribution is 5.86. The van der Waals surface area contributed by atoms with Crippen LogP contribution >= 0.6 is 0 Å². The Balaban J connectivity index is 2.08. The van der Waals surface area contributed by atoms with Crippen LogP contribution in [0.15, 0.2) is 42.5 Å². The Bertz CT molecular complexity index is 564. The first kappa shape index (κ1) is 13.4. The first-order valence-corrected chi connectivity index (χ1v) is 6.29. The Morgan fingerprint density at radius 2 is 1.95 bits per heavy atom. The predicted octanol–water partition coefficient (Wildman–Crippen LogP) is 1.97. The first-order valence-electron chi connectivity index (χ1n) is 6.29. The Hall–Kier alpha value is -2.07. The third kappa shape index (κ3) is 3.23. The van der Waals surface area contributed by atoms with Crippen LogP contribution in [0.2, 0.25) is 0 Å². The van der Waals surface area contributed by atoms with Crippen molar-refractivity contribution in [1.29, 1.82) is 0 Å². The number of amides is 2. The number of nitrogens with zero attached hydrogens (tertiary/aromatic N) is 1. The van der Waals surface area contributed by atoms with E-state index in [0.717, 1.165) is 16.3 Å². The van der Waals surface area contributed by atoms with Crippen molar-refractivity contribution >= 4 is 16.8 Å². The summed E-state index contributed by atoms with van der Waals surface area (Å²) >= 11 is 0. The number of nitrogens with one attached hydrogen (secondary N) is 1. The minimum atomic E-state index is -0.179. The van der Waals surface area contributed by atoms with Crippen LogP contribution in [0.1, 0.15) is 5.56 Å². The summed E-state index contributed by atoms with van der Waals surface area (Å²) in [5.74, 6) is 0. The van der Waals surface area contributed by atoms with Crippen LogP contribution in [-0.2, 0) is 6.54 Å². The van der Waals surface area contributed by atoms with Gasteiger partial charge in [-0.2, -0.15) is 0 Å². The van der Waals surface area contributed by atoms with Gasteiger partial charge in [0.25, 0.3) is 0 Å². The molecule has 0 saturated heterocycles. The van der Waals surface area contributed by atoms with E-state index in [9.17, 15) is 4.79 Å². The number of aliphatic hydroxyl groups is 1. The summed E-state index contributed by atoms with van der Waals surface area (Å²) in [7, 11) is 1.66. The molecular weight excluding hydrogens is 240 g/mol. The average molecular weight is 258 g/mol. The van der Waals surface area contributed by atoms with Gasteiger partial charge in [-0.25, -0.2) is 4.79 Å². The van der Waals surface area contributed by atoms with E-state index in [2.05, 4.69) is 17.4 Å². The number of fused-ring (bicyclic) bond motifs is 1. The molecule has 4 nitrogen and oxygen atoms in total. The van der Waals surface area contributed by atoms with Crippen molar-refractivity contribution in [3.8, 4) is 0 Å². The zero-order chi connectivity index (χ0) is 13.7. The Morgan fingerprint density at radius 3 is 2.74 bits per heavy atom. The molecule has 0 spiro atoms. The molecule has 0 aliphatic heterocycles. The summed E-state index contributed by atoms with van der Waals surface area (Å²) < 4.78 is 0. The molecule has 2 rings (SSSR count). The predicted molar refractivity (Wildman–Crippen MR) is 75.9 cm³/mol. The number of benzene rings is 2. The van der Waals surface area contributed by atoms with Crippen LogP contribution in [0.4, 0.5) is 4.79 Å². The van der Waals surface area contributed by atoms with Crippen LogP contribution in [0.3, 0.4) is 0 Å². The van der Waals surface area contributed by atoms with E-state index in [4.69, 9.17) is 5.11 Å². The van der Waals surface area contributed by atoms with E-state index >= 15 is 0 Å². The van der Waals surface area contributed by atoms with Gasteiger partial charge in [-0.05, 0) is 16.3 Å². The van der Waals surface area contributed by atoms with Gasteiger partial charge in [0.05, 0.1) is 6.61 Å². The molecule has 0 saturated carbocycles. The monoisotopic (exact) mass is 258 g/mol. The van der Waals surface area contributed by atoms with Crippen LogP contribution in [-0.4, -0.2) is 36.2 Å². The number of rotatable bonds is 4. The molecule has 0 aliphatic rings. The van der Waals surface area contributed by atoms with Gasteiger partial charge in [-0.1, -0.05) is 42.5 Å². The van der Waals surface area contributed by atoms with E-state index in [0.29, 0.717) is 13.1 Å². The maximum atomic E-state index is 11.7. The third-order valence-corrected chi connectivity index (χ3v) is 3.09. The summed E-state index contributed by atoms with van der Waals surface area (Å²) in [5.41, 5.74) is 1.09. The summed E-state index contributed by atoms with van der Waals surface area (Å²) in [6.07, 6.45) is 0. The molecule has 2 N–H and O–H groups in total. The van der Waals surface area contributed by atoms with Crippen LogP contribution in [0.5, 0.6) is 0 Å². The van der Waals surface area contributed by atoms with Crippen molar-refractivity contribution in [3.63, 3.8) is 0 Å². The molecule has 2 amide bonds. The largest absolute Gasteiger partial charge is 0.395 e. The van der Waals surface area contributed by atoms with Crippen molar-refractivity contribution < 1.29 is 9.90 Å². The van der Waals surface area contributed by atoms with Gasteiger partial charge >= 0.3 is 6.03 Å². The van der Waals surface area contributed by atoms with Crippen LogP contribution in [0, 0.1) is 0 Å². The topological polar surface area (TPSA) is 52.6 Å². The molecule has 0 aliphatic carbocycles. The fourth-order valence-corrected chi connectivity index (χ4v) is 2.00. The molecule has 0 unspecified atom stereocenters. The number of hydrogen-bond donors (Lipinski definition) is 2. The van der Waals surface area contributed by atoms with E-state index in [1.165, 1.54) is 4.90 Å². The second-order valence-corrected chi connectivity index (χ2v) is 4.44. The first-order chi connectivity index (χ1) is 9.22. The normalized spacial score (nSPS) is 10.4. The van der Waals surface area contributed by atoms with E-state index in [1.807, 2.05) is 30.3 Å². The zero-order valence-corrected chi connectivity index (χ0v) is 11.0. The summed E-state index contributed by atoms with van der Waals surface area (Å²) in [6.45, 7) is 0.787. The maximum Gasteiger partial charge on any atom is 0.317 e. The Morgan fingerprint density at radius 1 is 1.21 bits per heavy atom. The van der Waals surface area contributed by atoms with Crippen molar-refractivity contribution in [2.75, 3.05) is 20.2 Å². The van der Waals surface area contributed by atoms with Gasteiger partial charge in [-0.3, -0.25) is 0 Å². The smallest absolute Gasteiger partial charge is 0.317 e. The molecule has 0 fully saturated rings. The highest BCUT2D eigenvalue weighted by atomic mass is 16.3. The third-order valence-electron chi connectivity index (χ3n) is 3.09. The van der Waals surface area contributed by atoms with E-state index in [-0.39, 0.29) is 12.6 Å². The molecule has 2 aromatic rings. The van der Waals surface area contributed by atoms with Gasteiger partial charge < -0.3 is 15.3 Å². The fraction of sp³-hybridized carbons (Fsp3) is 0.267. The van der Waals surface area contributed by atoms with Crippen molar-refractivity contribution in [2.24, 2.45) is 0 Å². The molecule has 0 aromatic heterocycles. The number of urea groups is 1. The molecule has 100 valence electrons. The Kier molecular flexibility index (Phi) is 4.36. The van der Waals surface area contributed by atoms with E-state index < -0.39 is 0 Å². The van der Waals surface area contributed by atoms with Crippen LogP contribution in [0.25, 0.3) is 10.8 Å². The number of likely N-dealkylation sites (N-methyl/N-ethyl adjacent to an activating group) is 1. The van der Waals surface area contributed by atoms with Gasteiger partial charge in [0.1, 0.15) is 0 Å². The fourth-order valence-electron chi connectivity index (χ4n) is 2.00. The van der Waals surface area contributed by atoms with Gasteiger partial charge in [0, 0.05) is 20.1 Å². The van der Waals surface area contributed by atoms with Gasteiger partial charge in [0.2, 0.25) is 0 Å². The lowest BCUT2D eigenvalue weighted by Gasteiger charge is -2.17. The highest BCUT2D eigenvalue weighted by Gasteiger charge is 2.07. The van der Waals surface area contributed by atoms with Gasteiger partial charge in [-0.15, -0.1) is 0 Å². The van der Waals surface area contributed by atoms with E-state index in [1.54, 1.807) is 7.05 Å². The molecular formula is C15H18N2O2. The maximum absolute atomic E-state index is 11.7. The van der Waals surface area contributed by atoms with Crippen LogP contribution < -0.4 is 5.32 Å². The zero-order valence-electron chi connectivity index (χ0n) is 11.0. The lowest BCUT2D eigenvalue weighted by atomic mass is 10.0. The lowest BCUT2D eigenvalue weighted by Crippen LogP contribution is -2.38. The average Bonchev–Trinajstić information content (AvgIpc) is 2.45. The van der Waals surface area contributed by atoms with Gasteiger partial charge in [0.15, 0.2) is 0 Å².